The fraction of sp³-hybridized carbons (Fsp3) is 1.00. The van der Waals surface area contributed by atoms with Crippen LogP contribution < -0.4 is 5.32 Å². The highest BCUT2D eigenvalue weighted by molar-refractivity contribution is 5.06. The maximum absolute atomic E-state index is 10.5. The number of hydrogen-bond donors (Lipinski definition) is 7. The van der Waals surface area contributed by atoms with Crippen molar-refractivity contribution in [1.82, 2.24) is 5.32 Å². The molecule has 0 aromatic heterocycles. The molecule has 2 saturated carbocycles. The van der Waals surface area contributed by atoms with Crippen molar-refractivity contribution in [2.45, 2.75) is 74.5 Å². The summed E-state index contributed by atoms with van der Waals surface area (Å²) in [4.78, 5) is 0. The predicted molar refractivity (Wildman–Crippen MR) is 89.9 cm³/mol. The second kappa shape index (κ2) is 9.57. The molecule has 8 nitrogen and oxygen atoms in total. The molecule has 0 amide bonds. The standard InChI is InChI=1S/C17H33NO7/c19-7-12(8-20)18-13-6-17(24,10-21)16(23)14(22)15(13)25-9-11-4-2-1-3-5-11/h11-16,18-24H,1-10H2/t13-,14+,15-,16-,17-/m0/s1. The van der Waals surface area contributed by atoms with E-state index in [2.05, 4.69) is 5.32 Å². The number of ether oxygens (including phenoxy) is 1. The van der Waals surface area contributed by atoms with Gasteiger partial charge in [0.15, 0.2) is 0 Å². The van der Waals surface area contributed by atoms with Crippen molar-refractivity contribution in [2.24, 2.45) is 5.92 Å². The topological polar surface area (TPSA) is 143 Å². The first-order valence-electron chi connectivity index (χ1n) is 9.24. The highest BCUT2D eigenvalue weighted by atomic mass is 16.5. The lowest BCUT2D eigenvalue weighted by Crippen LogP contribution is -2.68. The summed E-state index contributed by atoms with van der Waals surface area (Å²) in [6.45, 7) is -0.897. The molecule has 0 aromatic rings. The molecule has 0 heterocycles. The molecule has 25 heavy (non-hydrogen) atoms. The van der Waals surface area contributed by atoms with Crippen LogP contribution in [0, 0.1) is 5.92 Å². The van der Waals surface area contributed by atoms with Crippen LogP contribution in [0.1, 0.15) is 38.5 Å². The second-order valence-electron chi connectivity index (χ2n) is 7.54. The molecule has 0 bridgehead atoms. The van der Waals surface area contributed by atoms with Crippen LogP contribution >= 0.6 is 0 Å². The molecule has 8 heteroatoms. The van der Waals surface area contributed by atoms with Gasteiger partial charge in [-0.3, -0.25) is 0 Å². The van der Waals surface area contributed by atoms with Crippen LogP contribution in [0.2, 0.25) is 0 Å². The van der Waals surface area contributed by atoms with Crippen molar-refractivity contribution in [1.29, 1.82) is 0 Å². The molecule has 148 valence electrons. The SMILES string of the molecule is OCC(CO)N[C@H]1C[C@](O)(CO)[C@@H](O)[C@H](O)[C@H]1OCC1CCCCC1. The first kappa shape index (κ1) is 21.0. The van der Waals surface area contributed by atoms with E-state index >= 15 is 0 Å². The van der Waals surface area contributed by atoms with E-state index < -0.39 is 42.6 Å². The van der Waals surface area contributed by atoms with Gasteiger partial charge in [0.05, 0.1) is 25.9 Å². The summed E-state index contributed by atoms with van der Waals surface area (Å²) in [5.41, 5.74) is -1.86. The maximum Gasteiger partial charge on any atom is 0.118 e. The fourth-order valence-corrected chi connectivity index (χ4v) is 3.95. The molecule has 0 aromatic carbocycles. The largest absolute Gasteiger partial charge is 0.395 e. The molecule has 0 saturated heterocycles. The van der Waals surface area contributed by atoms with Gasteiger partial charge >= 0.3 is 0 Å². The summed E-state index contributed by atoms with van der Waals surface area (Å²) in [6, 6.07) is -1.26. The highest BCUT2D eigenvalue weighted by Crippen LogP contribution is 2.32. The molecular weight excluding hydrogens is 330 g/mol. The van der Waals surface area contributed by atoms with Gasteiger partial charge in [-0.25, -0.2) is 0 Å². The van der Waals surface area contributed by atoms with Gasteiger partial charge in [0.25, 0.3) is 0 Å². The third-order valence-electron chi connectivity index (χ3n) is 5.59. The first-order valence-corrected chi connectivity index (χ1v) is 9.24. The van der Waals surface area contributed by atoms with Gasteiger partial charge < -0.3 is 40.7 Å². The Morgan fingerprint density at radius 2 is 1.68 bits per heavy atom. The Bertz CT molecular complexity index is 389. The number of rotatable bonds is 8. The molecule has 0 spiro atoms. The van der Waals surface area contributed by atoms with Crippen LogP contribution in [0.15, 0.2) is 0 Å². The summed E-state index contributed by atoms with van der Waals surface area (Å²) in [7, 11) is 0. The van der Waals surface area contributed by atoms with Gasteiger partial charge in [-0.1, -0.05) is 19.3 Å². The average molecular weight is 363 g/mol. The third-order valence-corrected chi connectivity index (χ3v) is 5.59. The lowest BCUT2D eigenvalue weighted by Gasteiger charge is -2.48. The second-order valence-corrected chi connectivity index (χ2v) is 7.54. The molecule has 0 aliphatic heterocycles. The van der Waals surface area contributed by atoms with Crippen molar-refractivity contribution >= 4 is 0 Å². The van der Waals surface area contributed by atoms with Gasteiger partial charge in [0.1, 0.15) is 23.9 Å². The molecule has 2 rings (SSSR count). The van der Waals surface area contributed by atoms with Gasteiger partial charge in [-0.2, -0.15) is 0 Å². The number of aliphatic hydroxyl groups is 6. The van der Waals surface area contributed by atoms with Gasteiger partial charge in [0, 0.05) is 12.6 Å². The number of nitrogens with one attached hydrogen (secondary N) is 1. The van der Waals surface area contributed by atoms with E-state index in [9.17, 15) is 30.6 Å². The Kier molecular flexibility index (Phi) is 8.03. The van der Waals surface area contributed by atoms with Crippen LogP contribution in [0.4, 0.5) is 0 Å². The smallest absolute Gasteiger partial charge is 0.118 e. The van der Waals surface area contributed by atoms with Gasteiger partial charge in [0.2, 0.25) is 0 Å². The summed E-state index contributed by atoms with van der Waals surface area (Å²) >= 11 is 0. The van der Waals surface area contributed by atoms with Crippen molar-refractivity contribution in [3.8, 4) is 0 Å². The van der Waals surface area contributed by atoms with Crippen LogP contribution in [0.5, 0.6) is 0 Å². The number of hydrogen-bond acceptors (Lipinski definition) is 8. The monoisotopic (exact) mass is 363 g/mol. The molecule has 7 N–H and O–H groups in total. The molecule has 2 aliphatic carbocycles. The zero-order chi connectivity index (χ0) is 18.4. The minimum Gasteiger partial charge on any atom is -0.395 e. The fourth-order valence-electron chi connectivity index (χ4n) is 3.95. The molecule has 2 fully saturated rings. The lowest BCUT2D eigenvalue weighted by molar-refractivity contribution is -0.219. The molecule has 0 unspecified atom stereocenters. The molecular formula is C17H33NO7. The van der Waals surface area contributed by atoms with Crippen molar-refractivity contribution < 1.29 is 35.4 Å². The van der Waals surface area contributed by atoms with E-state index in [0.717, 1.165) is 25.7 Å². The summed E-state index contributed by atoms with van der Waals surface area (Å²) < 4.78 is 5.92. The van der Waals surface area contributed by atoms with E-state index in [1.165, 1.54) is 6.42 Å². The lowest BCUT2D eigenvalue weighted by atomic mass is 9.76. The Balaban J connectivity index is 2.07. The molecule has 0 radical (unpaired) electrons. The van der Waals surface area contributed by atoms with Crippen molar-refractivity contribution in [3.05, 3.63) is 0 Å². The van der Waals surface area contributed by atoms with E-state index in [1.54, 1.807) is 0 Å². The van der Waals surface area contributed by atoms with Crippen molar-refractivity contribution in [2.75, 3.05) is 26.4 Å². The van der Waals surface area contributed by atoms with E-state index in [0.29, 0.717) is 12.5 Å². The van der Waals surface area contributed by atoms with Crippen LogP contribution in [-0.2, 0) is 4.74 Å². The van der Waals surface area contributed by atoms with Gasteiger partial charge in [-0.05, 0) is 25.2 Å². The Labute approximate surface area is 148 Å². The predicted octanol–water partition coefficient (Wildman–Crippen LogP) is -1.89. The highest BCUT2D eigenvalue weighted by Gasteiger charge is 2.52. The summed E-state index contributed by atoms with van der Waals surface area (Å²) in [5.74, 6) is 0.406. The summed E-state index contributed by atoms with van der Waals surface area (Å²) in [6.07, 6.45) is 1.90. The van der Waals surface area contributed by atoms with E-state index in [-0.39, 0.29) is 19.6 Å². The van der Waals surface area contributed by atoms with Gasteiger partial charge in [-0.15, -0.1) is 0 Å². The minimum absolute atomic E-state index is 0.0619. The summed E-state index contributed by atoms with van der Waals surface area (Å²) in [5, 5.41) is 62.0. The average Bonchev–Trinajstić information content (AvgIpc) is 2.64. The quantitative estimate of drug-likeness (QED) is 0.265. The number of aliphatic hydroxyl groups excluding tert-OH is 5. The maximum atomic E-state index is 10.5. The third kappa shape index (κ3) is 5.11. The van der Waals surface area contributed by atoms with Crippen LogP contribution in [0.3, 0.4) is 0 Å². The molecule has 2 aliphatic rings. The minimum atomic E-state index is -1.86. The Morgan fingerprint density at radius 3 is 2.24 bits per heavy atom. The first-order chi connectivity index (χ1) is 11.9. The molecule has 5 atom stereocenters. The van der Waals surface area contributed by atoms with E-state index in [4.69, 9.17) is 4.74 Å². The van der Waals surface area contributed by atoms with Crippen molar-refractivity contribution in [3.63, 3.8) is 0 Å². The zero-order valence-corrected chi connectivity index (χ0v) is 14.6. The van der Waals surface area contributed by atoms with Crippen LogP contribution in [0.25, 0.3) is 0 Å². The Hall–Kier alpha value is -0.320. The Morgan fingerprint density at radius 1 is 1.04 bits per heavy atom. The normalized spacial score (nSPS) is 37.6. The zero-order valence-electron chi connectivity index (χ0n) is 14.6. The van der Waals surface area contributed by atoms with Crippen LogP contribution in [-0.4, -0.2) is 93.1 Å². The van der Waals surface area contributed by atoms with E-state index in [1.807, 2.05) is 0 Å².